The second-order valence-corrected chi connectivity index (χ2v) is 8.21. The van der Waals surface area contributed by atoms with E-state index in [1.807, 2.05) is 24.5 Å². The number of hydrogen-bond acceptors (Lipinski definition) is 5. The van der Waals surface area contributed by atoms with Crippen LogP contribution in [0.4, 0.5) is 11.5 Å². The minimum absolute atomic E-state index is 0.0404. The SMILES string of the molecule is O=C1Cc2cc(-c3c(Cc4ccccc4)nc4c(N5CCOCC5)nccn34)ccc2N1. The Balaban J connectivity index is 1.53. The fourth-order valence-electron chi connectivity index (χ4n) is 4.60. The zero-order valence-corrected chi connectivity index (χ0v) is 17.6. The summed E-state index contributed by atoms with van der Waals surface area (Å²) in [7, 11) is 0. The van der Waals surface area contributed by atoms with E-state index in [0.717, 1.165) is 52.8 Å². The van der Waals surface area contributed by atoms with E-state index in [2.05, 4.69) is 56.0 Å². The van der Waals surface area contributed by atoms with Crippen molar-refractivity contribution in [1.82, 2.24) is 14.4 Å². The molecule has 1 saturated heterocycles. The van der Waals surface area contributed by atoms with Gasteiger partial charge in [-0.05, 0) is 23.3 Å². The van der Waals surface area contributed by atoms with Crippen LogP contribution in [0.25, 0.3) is 16.9 Å². The quantitative estimate of drug-likeness (QED) is 0.543. The number of nitrogens with zero attached hydrogens (tertiary/aromatic N) is 4. The number of carbonyl (C=O) groups excluding carboxylic acids is 1. The molecule has 7 heteroatoms. The Kier molecular flexibility index (Phi) is 4.61. The minimum atomic E-state index is 0.0404. The Labute approximate surface area is 185 Å². The molecule has 1 amide bonds. The molecular formula is C25H23N5O2. The highest BCUT2D eigenvalue weighted by Crippen LogP contribution is 2.34. The summed E-state index contributed by atoms with van der Waals surface area (Å²) >= 11 is 0. The first-order valence-electron chi connectivity index (χ1n) is 10.9. The maximum atomic E-state index is 11.9. The first-order valence-corrected chi connectivity index (χ1v) is 10.9. The summed E-state index contributed by atoms with van der Waals surface area (Å²) in [6.45, 7) is 2.99. The summed E-state index contributed by atoms with van der Waals surface area (Å²) in [4.78, 5) is 23.9. The Bertz CT molecular complexity index is 1310. The molecule has 0 unspecified atom stereocenters. The number of amides is 1. The predicted molar refractivity (Wildman–Crippen MR) is 123 cm³/mol. The second-order valence-electron chi connectivity index (χ2n) is 8.21. The molecule has 4 aromatic rings. The molecule has 2 aliphatic heterocycles. The second kappa shape index (κ2) is 7.76. The van der Waals surface area contributed by atoms with Gasteiger partial charge in [-0.1, -0.05) is 36.4 Å². The molecule has 2 aliphatic rings. The third-order valence-corrected chi connectivity index (χ3v) is 6.12. The number of rotatable bonds is 4. The minimum Gasteiger partial charge on any atom is -0.378 e. The van der Waals surface area contributed by atoms with Gasteiger partial charge in [0.2, 0.25) is 5.91 Å². The lowest BCUT2D eigenvalue weighted by atomic mass is 10.0. The lowest BCUT2D eigenvalue weighted by molar-refractivity contribution is -0.115. The summed E-state index contributed by atoms with van der Waals surface area (Å²) in [6, 6.07) is 16.6. The van der Waals surface area contributed by atoms with Crippen LogP contribution in [-0.4, -0.2) is 46.6 Å². The van der Waals surface area contributed by atoms with Crippen LogP contribution in [0.15, 0.2) is 60.9 Å². The van der Waals surface area contributed by atoms with Crippen molar-refractivity contribution in [3.05, 3.63) is 77.7 Å². The van der Waals surface area contributed by atoms with Crippen molar-refractivity contribution in [2.45, 2.75) is 12.8 Å². The zero-order chi connectivity index (χ0) is 21.5. The van der Waals surface area contributed by atoms with Crippen LogP contribution in [-0.2, 0) is 22.4 Å². The molecule has 2 aromatic carbocycles. The number of ether oxygens (including phenoxy) is 1. The summed E-state index contributed by atoms with van der Waals surface area (Å²) in [5.74, 6) is 0.924. The summed E-state index contributed by atoms with van der Waals surface area (Å²) in [5.41, 5.74) is 7.07. The van der Waals surface area contributed by atoms with Gasteiger partial charge in [0, 0.05) is 43.2 Å². The molecule has 0 radical (unpaired) electrons. The van der Waals surface area contributed by atoms with Crippen molar-refractivity contribution in [3.63, 3.8) is 0 Å². The Morgan fingerprint density at radius 3 is 2.75 bits per heavy atom. The highest BCUT2D eigenvalue weighted by atomic mass is 16.5. The first kappa shape index (κ1) is 19.0. The fourth-order valence-corrected chi connectivity index (χ4v) is 4.60. The fraction of sp³-hybridized carbons (Fsp3) is 0.240. The topological polar surface area (TPSA) is 71.8 Å². The maximum Gasteiger partial charge on any atom is 0.228 e. The molecule has 0 atom stereocenters. The predicted octanol–water partition coefficient (Wildman–Crippen LogP) is 3.32. The lowest BCUT2D eigenvalue weighted by Gasteiger charge is -2.27. The van der Waals surface area contributed by atoms with Gasteiger partial charge in [-0.3, -0.25) is 9.20 Å². The number of morpholine rings is 1. The van der Waals surface area contributed by atoms with Crippen LogP contribution < -0.4 is 10.2 Å². The van der Waals surface area contributed by atoms with Crippen LogP contribution in [0.2, 0.25) is 0 Å². The van der Waals surface area contributed by atoms with E-state index in [9.17, 15) is 4.79 Å². The van der Waals surface area contributed by atoms with Crippen molar-refractivity contribution in [3.8, 4) is 11.3 Å². The maximum absolute atomic E-state index is 11.9. The Morgan fingerprint density at radius 2 is 1.91 bits per heavy atom. The Hall–Kier alpha value is -3.71. The number of anilines is 2. The van der Waals surface area contributed by atoms with Crippen LogP contribution in [0.3, 0.4) is 0 Å². The molecule has 0 aliphatic carbocycles. The van der Waals surface area contributed by atoms with E-state index < -0.39 is 0 Å². The molecule has 0 spiro atoms. The number of aromatic nitrogens is 3. The third kappa shape index (κ3) is 3.31. The molecule has 1 N–H and O–H groups in total. The van der Waals surface area contributed by atoms with Gasteiger partial charge in [0.1, 0.15) is 0 Å². The van der Waals surface area contributed by atoms with Gasteiger partial charge in [-0.25, -0.2) is 9.97 Å². The number of fused-ring (bicyclic) bond motifs is 2. The normalized spacial score (nSPS) is 15.8. The standard InChI is InChI=1S/C25H23N5O2/c31-22-16-19-15-18(6-7-20(19)27-22)23-21(14-17-4-2-1-3-5-17)28-25-24(26-8-9-30(23)25)29-10-12-32-13-11-29/h1-9,15H,10-14,16H2,(H,27,31). The van der Waals surface area contributed by atoms with Crippen LogP contribution >= 0.6 is 0 Å². The third-order valence-electron chi connectivity index (χ3n) is 6.12. The van der Waals surface area contributed by atoms with Crippen LogP contribution in [0, 0.1) is 0 Å². The highest BCUT2D eigenvalue weighted by molar-refractivity contribution is 5.99. The van der Waals surface area contributed by atoms with Gasteiger partial charge >= 0.3 is 0 Å². The van der Waals surface area contributed by atoms with Gasteiger partial charge in [-0.15, -0.1) is 0 Å². The lowest BCUT2D eigenvalue weighted by Crippen LogP contribution is -2.37. The number of imidazole rings is 1. The van der Waals surface area contributed by atoms with E-state index in [1.54, 1.807) is 0 Å². The number of nitrogens with one attached hydrogen (secondary N) is 1. The molecule has 7 nitrogen and oxygen atoms in total. The van der Waals surface area contributed by atoms with E-state index in [4.69, 9.17) is 9.72 Å². The molecule has 2 aromatic heterocycles. The van der Waals surface area contributed by atoms with E-state index >= 15 is 0 Å². The molecule has 0 saturated carbocycles. The van der Waals surface area contributed by atoms with Gasteiger partial charge in [-0.2, -0.15) is 0 Å². The van der Waals surface area contributed by atoms with Crippen molar-refractivity contribution < 1.29 is 9.53 Å². The molecule has 160 valence electrons. The van der Waals surface area contributed by atoms with E-state index in [-0.39, 0.29) is 5.91 Å². The average molecular weight is 425 g/mol. The first-order chi connectivity index (χ1) is 15.8. The van der Waals surface area contributed by atoms with Gasteiger partial charge in [0.05, 0.1) is 31.0 Å². The van der Waals surface area contributed by atoms with Crippen molar-refractivity contribution in [2.24, 2.45) is 0 Å². The van der Waals surface area contributed by atoms with E-state index in [1.165, 1.54) is 5.56 Å². The molecule has 0 bridgehead atoms. The smallest absolute Gasteiger partial charge is 0.228 e. The number of carbonyl (C=O) groups is 1. The summed E-state index contributed by atoms with van der Waals surface area (Å²) in [5, 5.41) is 2.92. The summed E-state index contributed by atoms with van der Waals surface area (Å²) in [6.07, 6.45) is 4.95. The number of benzene rings is 2. The van der Waals surface area contributed by atoms with Crippen LogP contribution in [0.5, 0.6) is 0 Å². The van der Waals surface area contributed by atoms with Crippen LogP contribution in [0.1, 0.15) is 16.8 Å². The monoisotopic (exact) mass is 425 g/mol. The van der Waals surface area contributed by atoms with Gasteiger partial charge in [0.25, 0.3) is 0 Å². The molecule has 6 rings (SSSR count). The molecule has 32 heavy (non-hydrogen) atoms. The largest absolute Gasteiger partial charge is 0.378 e. The summed E-state index contributed by atoms with van der Waals surface area (Å²) < 4.78 is 7.67. The van der Waals surface area contributed by atoms with Gasteiger partial charge in [0.15, 0.2) is 11.5 Å². The molecule has 1 fully saturated rings. The van der Waals surface area contributed by atoms with E-state index in [0.29, 0.717) is 26.1 Å². The zero-order valence-electron chi connectivity index (χ0n) is 17.6. The molecular weight excluding hydrogens is 402 g/mol. The average Bonchev–Trinajstić information content (AvgIpc) is 3.38. The number of hydrogen-bond donors (Lipinski definition) is 1. The van der Waals surface area contributed by atoms with Crippen molar-refractivity contribution >= 4 is 23.1 Å². The van der Waals surface area contributed by atoms with Crippen molar-refractivity contribution in [1.29, 1.82) is 0 Å². The van der Waals surface area contributed by atoms with Gasteiger partial charge < -0.3 is 15.0 Å². The highest BCUT2D eigenvalue weighted by Gasteiger charge is 2.24. The Morgan fingerprint density at radius 1 is 1.06 bits per heavy atom. The molecule has 4 heterocycles. The van der Waals surface area contributed by atoms with Crippen molar-refractivity contribution in [2.75, 3.05) is 36.5 Å².